The number of nitrogens with one attached hydrogen (secondary N) is 4. The minimum Gasteiger partial charge on any atom is -0.496 e. The van der Waals surface area contributed by atoms with Crippen LogP contribution in [-0.4, -0.2) is 53.2 Å². The van der Waals surface area contributed by atoms with Crippen LogP contribution in [0.25, 0.3) is 22.2 Å². The molecule has 0 bridgehead atoms. The molecule has 1 aromatic heterocycles. The second-order valence-corrected chi connectivity index (χ2v) is 9.70. The summed E-state index contributed by atoms with van der Waals surface area (Å²) in [6.07, 6.45) is 1.12. The van der Waals surface area contributed by atoms with Gasteiger partial charge in [0.15, 0.2) is 5.82 Å². The molecular weight excluding hydrogens is 512 g/mol. The number of anilines is 1. The molecule has 11 nitrogen and oxygen atoms in total. The highest BCUT2D eigenvalue weighted by Crippen LogP contribution is 2.35. The fourth-order valence-electron chi connectivity index (χ4n) is 4.96. The molecule has 0 aliphatic carbocycles. The Labute approximate surface area is 229 Å². The summed E-state index contributed by atoms with van der Waals surface area (Å²) in [7, 11) is 3.28. The second kappa shape index (κ2) is 11.1. The molecule has 3 aromatic carbocycles. The number of aromatic amines is 2. The van der Waals surface area contributed by atoms with Gasteiger partial charge in [0.05, 0.1) is 19.7 Å². The van der Waals surface area contributed by atoms with Gasteiger partial charge >= 0.3 is 11.1 Å². The van der Waals surface area contributed by atoms with Crippen molar-refractivity contribution >= 4 is 28.3 Å². The maximum Gasteiger partial charge on any atom is 0.329 e. The summed E-state index contributed by atoms with van der Waals surface area (Å²) in [4.78, 5) is 54.1. The molecule has 0 fully saturated rings. The number of carbonyl (C=O) groups is 2. The van der Waals surface area contributed by atoms with Crippen molar-refractivity contribution in [3.05, 3.63) is 86.4 Å². The van der Waals surface area contributed by atoms with Crippen LogP contribution >= 0.6 is 0 Å². The Morgan fingerprint density at radius 1 is 1.12 bits per heavy atom. The summed E-state index contributed by atoms with van der Waals surface area (Å²) >= 11 is 0. The Bertz CT molecular complexity index is 1710. The molecule has 1 aliphatic rings. The Hall–Kier alpha value is -4.77. The van der Waals surface area contributed by atoms with Crippen molar-refractivity contribution in [2.45, 2.75) is 38.4 Å². The zero-order valence-electron chi connectivity index (χ0n) is 22.4. The van der Waals surface area contributed by atoms with Crippen LogP contribution in [0, 0.1) is 0 Å². The van der Waals surface area contributed by atoms with Gasteiger partial charge in [-0.2, -0.15) is 5.10 Å². The third kappa shape index (κ3) is 5.10. The van der Waals surface area contributed by atoms with E-state index in [9.17, 15) is 19.2 Å². The number of benzene rings is 3. The Kier molecular flexibility index (Phi) is 7.47. The Morgan fingerprint density at radius 2 is 1.93 bits per heavy atom. The van der Waals surface area contributed by atoms with Crippen LogP contribution in [0.15, 0.2) is 64.2 Å². The second-order valence-electron chi connectivity index (χ2n) is 9.70. The minimum absolute atomic E-state index is 0.202. The highest BCUT2D eigenvalue weighted by molar-refractivity contribution is 6.02. The summed E-state index contributed by atoms with van der Waals surface area (Å²) in [5.41, 5.74) is 1.58. The van der Waals surface area contributed by atoms with Crippen LogP contribution in [-0.2, 0) is 22.6 Å². The van der Waals surface area contributed by atoms with Gasteiger partial charge in [0.25, 0.3) is 0 Å². The van der Waals surface area contributed by atoms with E-state index in [-0.39, 0.29) is 24.2 Å². The number of aromatic nitrogens is 3. The van der Waals surface area contributed by atoms with E-state index in [1.807, 2.05) is 48.5 Å². The molecule has 0 radical (unpaired) electrons. The summed E-state index contributed by atoms with van der Waals surface area (Å²) in [6.45, 7) is 1.95. The molecule has 2 atom stereocenters. The summed E-state index contributed by atoms with van der Waals surface area (Å²) in [5, 5.41) is 13.7. The zero-order valence-corrected chi connectivity index (χ0v) is 22.4. The molecule has 0 spiro atoms. The van der Waals surface area contributed by atoms with E-state index in [1.54, 1.807) is 32.0 Å². The number of nitrogens with zero attached hydrogens (tertiary/aromatic N) is 2. The predicted octanol–water partition coefficient (Wildman–Crippen LogP) is 1.86. The largest absolute Gasteiger partial charge is 0.496 e. The fourth-order valence-corrected chi connectivity index (χ4v) is 4.96. The van der Waals surface area contributed by atoms with Crippen LogP contribution in [0.5, 0.6) is 5.75 Å². The number of likely N-dealkylation sites (N-methyl/N-ethyl adjacent to an activating group) is 1. The highest BCUT2D eigenvalue weighted by Gasteiger charge is 2.33. The monoisotopic (exact) mass is 542 g/mol. The van der Waals surface area contributed by atoms with Crippen molar-refractivity contribution in [1.29, 1.82) is 0 Å². The van der Waals surface area contributed by atoms with E-state index in [0.29, 0.717) is 24.2 Å². The van der Waals surface area contributed by atoms with E-state index in [4.69, 9.17) is 4.74 Å². The molecule has 2 unspecified atom stereocenters. The van der Waals surface area contributed by atoms with Crippen LogP contribution in [0.3, 0.4) is 0 Å². The molecule has 2 amide bonds. The normalized spacial score (nSPS) is 15.8. The highest BCUT2D eigenvalue weighted by atomic mass is 16.5. The molecule has 0 saturated heterocycles. The first-order valence-electron chi connectivity index (χ1n) is 13.0. The van der Waals surface area contributed by atoms with Gasteiger partial charge in [-0.25, -0.2) is 5.10 Å². The average molecular weight is 543 g/mol. The molecule has 0 saturated carbocycles. The maximum atomic E-state index is 14.0. The molecule has 5 rings (SSSR count). The van der Waals surface area contributed by atoms with Gasteiger partial charge in [-0.3, -0.25) is 19.2 Å². The predicted molar refractivity (Wildman–Crippen MR) is 151 cm³/mol. The number of methoxy groups -OCH3 is 1. The number of carbonyl (C=O) groups excluding carboxylic acids is 2. The van der Waals surface area contributed by atoms with Gasteiger partial charge in [0, 0.05) is 16.8 Å². The number of amides is 2. The summed E-state index contributed by atoms with van der Waals surface area (Å²) < 4.78 is 5.72. The van der Waals surface area contributed by atoms with Gasteiger partial charge < -0.3 is 25.3 Å². The van der Waals surface area contributed by atoms with E-state index in [2.05, 4.69) is 25.8 Å². The fraction of sp³-hybridized carbons (Fsp3) is 0.276. The summed E-state index contributed by atoms with van der Waals surface area (Å²) in [6, 6.07) is 15.8. The molecule has 4 N–H and O–H groups in total. The third-order valence-electron chi connectivity index (χ3n) is 7.30. The number of ether oxygens (including phenoxy) is 1. The SMILES string of the molecule is CNC(C)C(=O)NC1CCc2ccccc2N(Cc2c(OC)ccc3cc(-c4n[nH]c(=O)c(=O)[nH]4)ccc23)C1=O. The van der Waals surface area contributed by atoms with Crippen molar-refractivity contribution in [3.8, 4) is 17.1 Å². The Balaban J connectivity index is 1.57. The van der Waals surface area contributed by atoms with E-state index < -0.39 is 23.2 Å². The van der Waals surface area contributed by atoms with E-state index in [1.165, 1.54) is 0 Å². The maximum absolute atomic E-state index is 14.0. The first-order valence-corrected chi connectivity index (χ1v) is 13.0. The third-order valence-corrected chi connectivity index (χ3v) is 7.30. The van der Waals surface area contributed by atoms with Crippen molar-refractivity contribution in [2.24, 2.45) is 0 Å². The number of para-hydroxylation sites is 1. The summed E-state index contributed by atoms with van der Waals surface area (Å²) in [5.74, 6) is 0.396. The smallest absolute Gasteiger partial charge is 0.329 e. The van der Waals surface area contributed by atoms with Crippen LogP contribution < -0.4 is 31.4 Å². The van der Waals surface area contributed by atoms with Gasteiger partial charge in [-0.15, -0.1) is 0 Å². The number of rotatable bonds is 7. The molecular formula is C29H30N6O5. The molecule has 11 heteroatoms. The number of hydrogen-bond donors (Lipinski definition) is 4. The van der Waals surface area contributed by atoms with Crippen LogP contribution in [0.1, 0.15) is 24.5 Å². The van der Waals surface area contributed by atoms with Crippen molar-refractivity contribution < 1.29 is 14.3 Å². The minimum atomic E-state index is -0.825. The lowest BCUT2D eigenvalue weighted by Crippen LogP contribution is -2.52. The topological polar surface area (TPSA) is 149 Å². The Morgan fingerprint density at radius 3 is 2.67 bits per heavy atom. The lowest BCUT2D eigenvalue weighted by molar-refractivity contribution is -0.128. The van der Waals surface area contributed by atoms with E-state index in [0.717, 1.165) is 27.6 Å². The van der Waals surface area contributed by atoms with Crippen molar-refractivity contribution in [3.63, 3.8) is 0 Å². The molecule has 40 heavy (non-hydrogen) atoms. The van der Waals surface area contributed by atoms with Crippen LogP contribution in [0.2, 0.25) is 0 Å². The lowest BCUT2D eigenvalue weighted by atomic mass is 9.99. The molecule has 1 aliphatic heterocycles. The number of hydrogen-bond acceptors (Lipinski definition) is 7. The molecule has 206 valence electrons. The van der Waals surface area contributed by atoms with Crippen LogP contribution in [0.4, 0.5) is 5.69 Å². The van der Waals surface area contributed by atoms with Gasteiger partial charge in [0.2, 0.25) is 11.8 Å². The van der Waals surface area contributed by atoms with Crippen molar-refractivity contribution in [2.75, 3.05) is 19.1 Å². The first-order chi connectivity index (χ1) is 19.3. The quantitative estimate of drug-likeness (QED) is 0.261. The zero-order chi connectivity index (χ0) is 28.4. The van der Waals surface area contributed by atoms with E-state index >= 15 is 0 Å². The number of aryl methyl sites for hydroxylation is 1. The standard InChI is InChI=1S/C29H30N6O5/c1-16(30-2)26(36)31-22-12-9-17-6-4-5-7-23(17)35(29(22)39)15-21-20-11-8-19(14-18(20)10-13-24(21)40-3)25-32-27(37)28(38)34-33-25/h4-8,10-11,13-14,16,22,30H,9,12,15H2,1-3H3,(H,31,36)(H,34,38)(H,32,33,37). The first kappa shape index (κ1) is 26.8. The van der Waals surface area contributed by atoms with Crippen molar-refractivity contribution in [1.82, 2.24) is 25.8 Å². The molecule has 2 heterocycles. The number of H-pyrrole nitrogens is 2. The number of fused-ring (bicyclic) bond motifs is 2. The lowest BCUT2D eigenvalue weighted by Gasteiger charge is -2.28. The van der Waals surface area contributed by atoms with Gasteiger partial charge in [-0.05, 0) is 61.3 Å². The molecule has 4 aromatic rings. The van der Waals surface area contributed by atoms with Gasteiger partial charge in [-0.1, -0.05) is 36.4 Å². The van der Waals surface area contributed by atoms with Gasteiger partial charge in [0.1, 0.15) is 11.8 Å². The average Bonchev–Trinajstić information content (AvgIpc) is 3.10.